The summed E-state index contributed by atoms with van der Waals surface area (Å²) in [6, 6.07) is 12.1. The van der Waals surface area contributed by atoms with Crippen molar-refractivity contribution in [2.75, 3.05) is 31.1 Å². The van der Waals surface area contributed by atoms with E-state index in [1.165, 1.54) is 27.5 Å². The molecule has 3 aromatic rings. The number of fused-ring (bicyclic) bond motifs is 1. The Labute approximate surface area is 150 Å². The van der Waals surface area contributed by atoms with Gasteiger partial charge in [0, 0.05) is 44.5 Å². The fourth-order valence-electron chi connectivity index (χ4n) is 3.20. The molecule has 1 aliphatic rings. The fraction of sp³-hybridized carbons (Fsp3) is 0.389. The molecule has 1 aromatic carbocycles. The maximum absolute atomic E-state index is 12.1. The van der Waals surface area contributed by atoms with Gasteiger partial charge in [-0.2, -0.15) is 4.52 Å². The topological polar surface area (TPSA) is 53.7 Å². The van der Waals surface area contributed by atoms with Gasteiger partial charge in [0.05, 0.1) is 0 Å². The van der Waals surface area contributed by atoms with E-state index in [4.69, 9.17) is 0 Å². The Morgan fingerprint density at radius 3 is 2.80 bits per heavy atom. The van der Waals surface area contributed by atoms with Gasteiger partial charge in [0.25, 0.3) is 5.56 Å². The van der Waals surface area contributed by atoms with E-state index < -0.39 is 0 Å². The lowest BCUT2D eigenvalue weighted by Crippen LogP contribution is -2.30. The van der Waals surface area contributed by atoms with Crippen LogP contribution in [0.4, 0.5) is 5.13 Å². The van der Waals surface area contributed by atoms with Gasteiger partial charge in [-0.25, -0.2) is 4.98 Å². The van der Waals surface area contributed by atoms with Crippen molar-refractivity contribution in [3.8, 4) is 0 Å². The van der Waals surface area contributed by atoms with E-state index >= 15 is 0 Å². The lowest BCUT2D eigenvalue weighted by atomic mass is 10.2. The number of hydrogen-bond acceptors (Lipinski definition) is 6. The largest absolute Gasteiger partial charge is 0.345 e. The summed E-state index contributed by atoms with van der Waals surface area (Å²) < 4.78 is 1.42. The Hall–Kier alpha value is -2.25. The van der Waals surface area contributed by atoms with Gasteiger partial charge in [-0.15, -0.1) is 5.10 Å². The predicted molar refractivity (Wildman–Crippen MR) is 100 cm³/mol. The molecule has 0 saturated carbocycles. The molecule has 1 fully saturated rings. The Kier molecular flexibility index (Phi) is 4.50. The third-order valence-electron chi connectivity index (χ3n) is 4.47. The first-order valence-corrected chi connectivity index (χ1v) is 9.39. The lowest BCUT2D eigenvalue weighted by Gasteiger charge is -2.21. The SMILES string of the molecule is Cc1cc(=O)n2nc(N3CCCN(Cc4ccccc4)CC3)sc2n1. The summed E-state index contributed by atoms with van der Waals surface area (Å²) in [4.78, 5) is 21.9. The average Bonchev–Trinajstić information content (AvgIpc) is 2.89. The molecule has 25 heavy (non-hydrogen) atoms. The van der Waals surface area contributed by atoms with Crippen molar-refractivity contribution in [3.63, 3.8) is 0 Å². The third kappa shape index (κ3) is 3.57. The van der Waals surface area contributed by atoms with Gasteiger partial charge in [-0.3, -0.25) is 9.69 Å². The van der Waals surface area contributed by atoms with Crippen LogP contribution >= 0.6 is 11.3 Å². The van der Waals surface area contributed by atoms with Crippen molar-refractivity contribution in [2.24, 2.45) is 0 Å². The summed E-state index contributed by atoms with van der Waals surface area (Å²) >= 11 is 1.49. The summed E-state index contributed by atoms with van der Waals surface area (Å²) in [5.74, 6) is 0. The van der Waals surface area contributed by atoms with Crippen molar-refractivity contribution < 1.29 is 0 Å². The van der Waals surface area contributed by atoms with Crippen LogP contribution in [0.1, 0.15) is 17.7 Å². The Morgan fingerprint density at radius 1 is 1.12 bits per heavy atom. The van der Waals surface area contributed by atoms with Crippen LogP contribution in [0.3, 0.4) is 0 Å². The Bertz CT molecular complexity index is 920. The molecule has 0 bridgehead atoms. The number of benzene rings is 1. The van der Waals surface area contributed by atoms with Crippen LogP contribution < -0.4 is 10.5 Å². The molecule has 1 aliphatic heterocycles. The molecule has 3 heterocycles. The molecule has 4 rings (SSSR count). The molecule has 2 aromatic heterocycles. The number of hydrogen-bond donors (Lipinski definition) is 0. The van der Waals surface area contributed by atoms with Crippen molar-refractivity contribution in [3.05, 3.63) is 58.0 Å². The van der Waals surface area contributed by atoms with Crippen molar-refractivity contribution in [2.45, 2.75) is 19.9 Å². The molecule has 0 N–H and O–H groups in total. The molecule has 130 valence electrons. The summed E-state index contributed by atoms with van der Waals surface area (Å²) in [5, 5.41) is 5.38. The van der Waals surface area contributed by atoms with Gasteiger partial charge < -0.3 is 4.90 Å². The predicted octanol–water partition coefficient (Wildman–Crippen LogP) is 2.17. The van der Waals surface area contributed by atoms with Crippen LogP contribution in [0.5, 0.6) is 0 Å². The number of nitrogens with zero attached hydrogens (tertiary/aromatic N) is 5. The zero-order chi connectivity index (χ0) is 17.2. The number of aromatic nitrogens is 3. The average molecular weight is 355 g/mol. The number of rotatable bonds is 3. The molecule has 0 radical (unpaired) electrons. The van der Waals surface area contributed by atoms with Crippen molar-refractivity contribution >= 4 is 21.4 Å². The van der Waals surface area contributed by atoms with E-state index in [0.29, 0.717) is 4.96 Å². The molecule has 0 spiro atoms. The van der Waals surface area contributed by atoms with Gasteiger partial charge in [0.1, 0.15) is 0 Å². The van der Waals surface area contributed by atoms with E-state index in [9.17, 15) is 4.79 Å². The summed E-state index contributed by atoms with van der Waals surface area (Å²) in [5.41, 5.74) is 1.98. The first-order chi connectivity index (χ1) is 12.2. The monoisotopic (exact) mass is 355 g/mol. The molecule has 1 saturated heterocycles. The van der Waals surface area contributed by atoms with Crippen LogP contribution in [0.15, 0.2) is 41.2 Å². The zero-order valence-corrected chi connectivity index (χ0v) is 15.1. The molecular weight excluding hydrogens is 334 g/mol. The van der Waals surface area contributed by atoms with Crippen molar-refractivity contribution in [1.82, 2.24) is 19.5 Å². The van der Waals surface area contributed by atoms with Gasteiger partial charge in [0.15, 0.2) is 0 Å². The first kappa shape index (κ1) is 16.2. The molecule has 7 heteroatoms. The fourth-order valence-corrected chi connectivity index (χ4v) is 4.20. The van der Waals surface area contributed by atoms with E-state index in [1.807, 2.05) is 6.92 Å². The summed E-state index contributed by atoms with van der Waals surface area (Å²) in [7, 11) is 0. The molecule has 0 unspecified atom stereocenters. The molecule has 0 amide bonds. The Balaban J connectivity index is 1.49. The normalized spacial score (nSPS) is 16.3. The number of anilines is 1. The lowest BCUT2D eigenvalue weighted by molar-refractivity contribution is 0.285. The molecule has 0 atom stereocenters. The minimum atomic E-state index is -0.106. The molecular formula is C18H21N5OS. The van der Waals surface area contributed by atoms with Crippen molar-refractivity contribution in [1.29, 1.82) is 0 Å². The van der Waals surface area contributed by atoms with Crippen LogP contribution in [-0.4, -0.2) is 45.7 Å². The van der Waals surface area contributed by atoms with E-state index in [2.05, 4.69) is 50.2 Å². The molecule has 0 aliphatic carbocycles. The second-order valence-electron chi connectivity index (χ2n) is 6.42. The van der Waals surface area contributed by atoms with Crippen LogP contribution in [-0.2, 0) is 6.54 Å². The maximum Gasteiger partial charge on any atom is 0.275 e. The van der Waals surface area contributed by atoms with Gasteiger partial charge in [0.2, 0.25) is 10.1 Å². The minimum Gasteiger partial charge on any atom is -0.345 e. The first-order valence-electron chi connectivity index (χ1n) is 8.58. The van der Waals surface area contributed by atoms with E-state index in [1.54, 1.807) is 0 Å². The highest BCUT2D eigenvalue weighted by Gasteiger charge is 2.19. The van der Waals surface area contributed by atoms with E-state index in [0.717, 1.165) is 50.0 Å². The maximum atomic E-state index is 12.1. The van der Waals surface area contributed by atoms with Gasteiger partial charge >= 0.3 is 0 Å². The quantitative estimate of drug-likeness (QED) is 0.721. The minimum absolute atomic E-state index is 0.106. The highest BCUT2D eigenvalue weighted by Crippen LogP contribution is 2.23. The smallest absolute Gasteiger partial charge is 0.275 e. The van der Waals surface area contributed by atoms with Crippen LogP contribution in [0.25, 0.3) is 4.96 Å². The highest BCUT2D eigenvalue weighted by atomic mass is 32.1. The summed E-state index contributed by atoms with van der Waals surface area (Å²) in [6.45, 7) is 6.77. The van der Waals surface area contributed by atoms with Gasteiger partial charge in [-0.05, 0) is 18.9 Å². The highest BCUT2D eigenvalue weighted by molar-refractivity contribution is 7.20. The van der Waals surface area contributed by atoms with Crippen LogP contribution in [0.2, 0.25) is 0 Å². The second-order valence-corrected chi connectivity index (χ2v) is 7.35. The zero-order valence-electron chi connectivity index (χ0n) is 14.3. The molecule has 6 nitrogen and oxygen atoms in total. The van der Waals surface area contributed by atoms with Gasteiger partial charge in [-0.1, -0.05) is 41.7 Å². The van der Waals surface area contributed by atoms with Crippen LogP contribution in [0, 0.1) is 6.92 Å². The Morgan fingerprint density at radius 2 is 1.96 bits per heavy atom. The second kappa shape index (κ2) is 6.93. The van der Waals surface area contributed by atoms with E-state index in [-0.39, 0.29) is 5.56 Å². The standard InChI is InChI=1S/C18H21N5OS/c1-14-12-16(24)23-17(19-14)25-18(20-23)22-9-5-8-21(10-11-22)13-15-6-3-2-4-7-15/h2-4,6-7,12H,5,8-11,13H2,1H3. The number of aryl methyl sites for hydroxylation is 1. The summed E-state index contributed by atoms with van der Waals surface area (Å²) in [6.07, 6.45) is 1.09. The third-order valence-corrected chi connectivity index (χ3v) is 5.44.